The number of amides is 1. The fourth-order valence-electron chi connectivity index (χ4n) is 1.18. The van der Waals surface area contributed by atoms with Crippen LogP contribution in [0, 0.1) is 0 Å². The highest BCUT2D eigenvalue weighted by molar-refractivity contribution is 9.10. The zero-order valence-corrected chi connectivity index (χ0v) is 10.6. The van der Waals surface area contributed by atoms with E-state index in [0.29, 0.717) is 11.4 Å². The summed E-state index contributed by atoms with van der Waals surface area (Å²) in [6.45, 7) is 1.38. The second-order valence-electron chi connectivity index (χ2n) is 3.31. The molecular formula is C11H12BrNO3. The molecule has 0 radical (unpaired) electrons. The predicted octanol–water partition coefficient (Wildman–Crippen LogP) is 2.38. The molecule has 0 unspecified atom stereocenters. The van der Waals surface area contributed by atoms with Gasteiger partial charge in [-0.3, -0.25) is 9.59 Å². The van der Waals surface area contributed by atoms with E-state index >= 15 is 0 Å². The SMILES string of the molecule is COc1cc(Br)cc(NC(=O)CC(C)=O)c1. The molecule has 0 aliphatic carbocycles. The second-order valence-corrected chi connectivity index (χ2v) is 4.22. The Bertz CT molecular complexity index is 418. The third kappa shape index (κ3) is 4.02. The first-order valence-corrected chi connectivity index (χ1v) is 5.44. The minimum Gasteiger partial charge on any atom is -0.497 e. The van der Waals surface area contributed by atoms with Crippen LogP contribution in [0.1, 0.15) is 13.3 Å². The maximum absolute atomic E-state index is 11.3. The molecule has 1 aromatic carbocycles. The minimum absolute atomic E-state index is 0.116. The number of nitrogens with one attached hydrogen (secondary N) is 1. The van der Waals surface area contributed by atoms with Gasteiger partial charge in [-0.25, -0.2) is 0 Å². The molecule has 16 heavy (non-hydrogen) atoms. The lowest BCUT2D eigenvalue weighted by Gasteiger charge is -2.07. The number of carbonyl (C=O) groups is 2. The smallest absolute Gasteiger partial charge is 0.231 e. The Labute approximate surface area is 102 Å². The van der Waals surface area contributed by atoms with Crippen LogP contribution >= 0.6 is 15.9 Å². The summed E-state index contributed by atoms with van der Waals surface area (Å²) in [5.74, 6) is 0.139. The van der Waals surface area contributed by atoms with Crippen LogP contribution in [0.25, 0.3) is 0 Å². The van der Waals surface area contributed by atoms with Gasteiger partial charge >= 0.3 is 0 Å². The zero-order chi connectivity index (χ0) is 12.1. The van der Waals surface area contributed by atoms with Gasteiger partial charge in [-0.2, -0.15) is 0 Å². The third-order valence-electron chi connectivity index (χ3n) is 1.80. The molecule has 0 atom stereocenters. The first-order chi connectivity index (χ1) is 7.51. The first kappa shape index (κ1) is 12.7. The lowest BCUT2D eigenvalue weighted by molar-refractivity contribution is -0.124. The van der Waals surface area contributed by atoms with Crippen molar-refractivity contribution < 1.29 is 14.3 Å². The highest BCUT2D eigenvalue weighted by Gasteiger charge is 2.07. The molecule has 86 valence electrons. The van der Waals surface area contributed by atoms with Crippen molar-refractivity contribution in [3.05, 3.63) is 22.7 Å². The quantitative estimate of drug-likeness (QED) is 0.864. The van der Waals surface area contributed by atoms with Gasteiger partial charge in [0.25, 0.3) is 0 Å². The monoisotopic (exact) mass is 285 g/mol. The molecule has 0 heterocycles. The summed E-state index contributed by atoms with van der Waals surface area (Å²) in [6, 6.07) is 5.20. The van der Waals surface area contributed by atoms with Crippen molar-refractivity contribution in [2.45, 2.75) is 13.3 Å². The van der Waals surface area contributed by atoms with Crippen molar-refractivity contribution in [3.63, 3.8) is 0 Å². The molecule has 1 aromatic rings. The lowest BCUT2D eigenvalue weighted by Crippen LogP contribution is -2.14. The molecule has 0 bridgehead atoms. The summed E-state index contributed by atoms with van der Waals surface area (Å²) in [4.78, 5) is 22.1. The number of carbonyl (C=O) groups excluding carboxylic acids is 2. The number of benzene rings is 1. The molecule has 0 saturated heterocycles. The van der Waals surface area contributed by atoms with Crippen molar-refractivity contribution in [1.82, 2.24) is 0 Å². The average Bonchev–Trinajstić information content (AvgIpc) is 2.14. The fourth-order valence-corrected chi connectivity index (χ4v) is 1.66. The second kappa shape index (κ2) is 5.65. The van der Waals surface area contributed by atoms with Crippen LogP contribution in [0.15, 0.2) is 22.7 Å². The number of halogens is 1. The number of Topliss-reactive ketones (excluding diaryl/α,β-unsaturated/α-hetero) is 1. The predicted molar refractivity (Wildman–Crippen MR) is 64.6 cm³/mol. The highest BCUT2D eigenvalue weighted by Crippen LogP contribution is 2.24. The van der Waals surface area contributed by atoms with Crippen LogP contribution in [0.5, 0.6) is 5.75 Å². The highest BCUT2D eigenvalue weighted by atomic mass is 79.9. The number of hydrogen-bond donors (Lipinski definition) is 1. The van der Waals surface area contributed by atoms with E-state index in [0.717, 1.165) is 4.47 Å². The van der Waals surface area contributed by atoms with Crippen molar-refractivity contribution >= 4 is 33.3 Å². The van der Waals surface area contributed by atoms with Gasteiger partial charge in [0.1, 0.15) is 11.5 Å². The Morgan fingerprint density at radius 3 is 2.62 bits per heavy atom. The average molecular weight is 286 g/mol. The van der Waals surface area contributed by atoms with Crippen LogP contribution in [0.3, 0.4) is 0 Å². The molecule has 5 heteroatoms. The van der Waals surface area contributed by atoms with Gasteiger partial charge < -0.3 is 10.1 Å². The molecule has 0 aliphatic heterocycles. The first-order valence-electron chi connectivity index (χ1n) is 4.65. The Hall–Kier alpha value is -1.36. The third-order valence-corrected chi connectivity index (χ3v) is 2.26. The Kier molecular flexibility index (Phi) is 4.49. The normalized spacial score (nSPS) is 9.69. The van der Waals surface area contributed by atoms with Crippen LogP contribution in [-0.2, 0) is 9.59 Å². The molecule has 0 aliphatic rings. The van der Waals surface area contributed by atoms with Gasteiger partial charge in [-0.15, -0.1) is 0 Å². The van der Waals surface area contributed by atoms with Gasteiger partial charge in [-0.05, 0) is 19.1 Å². The molecule has 1 N–H and O–H groups in total. The summed E-state index contributed by atoms with van der Waals surface area (Å²) >= 11 is 3.30. The van der Waals surface area contributed by atoms with Crippen LogP contribution in [0.4, 0.5) is 5.69 Å². The van der Waals surface area contributed by atoms with Crippen LogP contribution in [-0.4, -0.2) is 18.8 Å². The Morgan fingerprint density at radius 2 is 2.06 bits per heavy atom. The molecule has 0 fully saturated rings. The number of anilines is 1. The summed E-state index contributed by atoms with van der Waals surface area (Å²) in [5.41, 5.74) is 0.595. The van der Waals surface area contributed by atoms with E-state index in [1.807, 2.05) is 0 Å². The number of ether oxygens (including phenoxy) is 1. The lowest BCUT2D eigenvalue weighted by atomic mass is 10.2. The van der Waals surface area contributed by atoms with Crippen molar-refractivity contribution in [3.8, 4) is 5.75 Å². The van der Waals surface area contributed by atoms with Gasteiger partial charge in [-0.1, -0.05) is 15.9 Å². The number of ketones is 1. The van der Waals surface area contributed by atoms with Crippen molar-refractivity contribution in [2.24, 2.45) is 0 Å². The Morgan fingerprint density at radius 1 is 1.38 bits per heavy atom. The van der Waals surface area contributed by atoms with Gasteiger partial charge in [0.15, 0.2) is 0 Å². The van der Waals surface area contributed by atoms with Crippen molar-refractivity contribution in [1.29, 1.82) is 0 Å². The molecule has 0 saturated carbocycles. The minimum atomic E-state index is -0.326. The fraction of sp³-hybridized carbons (Fsp3) is 0.273. The van der Waals surface area contributed by atoms with E-state index < -0.39 is 0 Å². The van der Waals surface area contributed by atoms with Crippen molar-refractivity contribution in [2.75, 3.05) is 12.4 Å². The summed E-state index contributed by atoms with van der Waals surface area (Å²) in [6.07, 6.45) is -0.116. The largest absolute Gasteiger partial charge is 0.497 e. The topological polar surface area (TPSA) is 55.4 Å². The van der Waals surface area contributed by atoms with Gasteiger partial charge in [0.05, 0.1) is 13.5 Å². The number of rotatable bonds is 4. The standard InChI is InChI=1S/C11H12BrNO3/c1-7(14)3-11(15)13-9-4-8(12)5-10(6-9)16-2/h4-6H,3H2,1-2H3,(H,13,15). The molecule has 1 rings (SSSR count). The maximum atomic E-state index is 11.3. The van der Waals surface area contributed by atoms with Gasteiger partial charge in [0.2, 0.25) is 5.91 Å². The molecule has 4 nitrogen and oxygen atoms in total. The van der Waals surface area contributed by atoms with E-state index in [4.69, 9.17) is 4.74 Å². The van der Waals surface area contributed by atoms with Crippen LogP contribution in [0.2, 0.25) is 0 Å². The van der Waals surface area contributed by atoms with Crippen LogP contribution < -0.4 is 10.1 Å². The van der Waals surface area contributed by atoms with E-state index in [1.54, 1.807) is 25.3 Å². The Balaban J connectivity index is 2.76. The number of hydrogen-bond acceptors (Lipinski definition) is 3. The summed E-state index contributed by atoms with van der Waals surface area (Å²) in [5, 5.41) is 2.62. The van der Waals surface area contributed by atoms with E-state index in [2.05, 4.69) is 21.2 Å². The van der Waals surface area contributed by atoms with Gasteiger partial charge in [0, 0.05) is 16.2 Å². The van der Waals surface area contributed by atoms with E-state index in [-0.39, 0.29) is 18.1 Å². The van der Waals surface area contributed by atoms with E-state index in [9.17, 15) is 9.59 Å². The molecule has 1 amide bonds. The molecule has 0 aromatic heterocycles. The zero-order valence-electron chi connectivity index (χ0n) is 9.04. The maximum Gasteiger partial charge on any atom is 0.231 e. The summed E-state index contributed by atoms with van der Waals surface area (Å²) < 4.78 is 5.85. The summed E-state index contributed by atoms with van der Waals surface area (Å²) in [7, 11) is 1.54. The van der Waals surface area contributed by atoms with E-state index in [1.165, 1.54) is 6.92 Å². The number of methoxy groups -OCH3 is 1. The molecular weight excluding hydrogens is 274 g/mol. The molecule has 0 spiro atoms.